The molecule has 1 aliphatic rings. The Kier molecular flexibility index (Phi) is 4.86. The molecule has 24 heavy (non-hydrogen) atoms. The van der Waals surface area contributed by atoms with Crippen LogP contribution in [0.25, 0.3) is 0 Å². The van der Waals surface area contributed by atoms with Crippen molar-refractivity contribution < 1.29 is 9.59 Å². The largest absolute Gasteiger partial charge is 0.327 e. The van der Waals surface area contributed by atoms with Gasteiger partial charge in [-0.2, -0.15) is 0 Å². The molecule has 5 heteroatoms. The van der Waals surface area contributed by atoms with E-state index in [9.17, 15) is 9.59 Å². The normalized spacial score (nSPS) is 16.9. The molecule has 3 rings (SSSR count). The molecule has 1 aliphatic heterocycles. The number of rotatable bonds is 2. The van der Waals surface area contributed by atoms with Crippen molar-refractivity contribution in [3.63, 3.8) is 0 Å². The van der Waals surface area contributed by atoms with Crippen LogP contribution < -0.4 is 5.32 Å². The van der Waals surface area contributed by atoms with E-state index in [1.54, 1.807) is 17.0 Å². The van der Waals surface area contributed by atoms with Gasteiger partial charge in [0.2, 0.25) is 0 Å². The predicted molar refractivity (Wildman–Crippen MR) is 94.9 cm³/mol. The summed E-state index contributed by atoms with van der Waals surface area (Å²) in [4.78, 5) is 26.7. The molecule has 0 spiro atoms. The van der Waals surface area contributed by atoms with Crippen LogP contribution >= 0.6 is 11.6 Å². The zero-order valence-corrected chi connectivity index (χ0v) is 14.2. The van der Waals surface area contributed by atoms with Gasteiger partial charge in [-0.3, -0.25) is 9.59 Å². The van der Waals surface area contributed by atoms with E-state index < -0.39 is 11.8 Å². The molecular weight excluding hydrogens is 324 g/mol. The van der Waals surface area contributed by atoms with Gasteiger partial charge in [0, 0.05) is 17.3 Å². The number of amides is 2. The van der Waals surface area contributed by atoms with Crippen molar-refractivity contribution in [1.29, 1.82) is 0 Å². The molecule has 2 aromatic carbocycles. The molecule has 2 amide bonds. The van der Waals surface area contributed by atoms with Crippen molar-refractivity contribution >= 4 is 29.1 Å². The highest BCUT2D eigenvalue weighted by Crippen LogP contribution is 2.32. The Bertz CT molecular complexity index is 761. The Morgan fingerprint density at radius 2 is 1.92 bits per heavy atom. The summed E-state index contributed by atoms with van der Waals surface area (Å²) in [6.45, 7) is 2.46. The second-order valence-corrected chi connectivity index (χ2v) is 6.42. The zero-order chi connectivity index (χ0) is 17.1. The average Bonchev–Trinajstić information content (AvgIpc) is 3.08. The van der Waals surface area contributed by atoms with Gasteiger partial charge >= 0.3 is 11.8 Å². The number of aryl methyl sites for hydroxylation is 1. The fourth-order valence-corrected chi connectivity index (χ4v) is 3.24. The van der Waals surface area contributed by atoms with E-state index in [0.717, 1.165) is 24.0 Å². The van der Waals surface area contributed by atoms with E-state index in [2.05, 4.69) is 5.32 Å². The first kappa shape index (κ1) is 16.5. The number of likely N-dealkylation sites (tertiary alicyclic amines) is 1. The number of halogens is 1. The molecule has 2 aromatic rings. The van der Waals surface area contributed by atoms with Crippen molar-refractivity contribution in [2.45, 2.75) is 25.8 Å². The Labute approximate surface area is 146 Å². The Balaban J connectivity index is 1.75. The van der Waals surface area contributed by atoms with Crippen LogP contribution in [0.5, 0.6) is 0 Å². The van der Waals surface area contributed by atoms with Crippen LogP contribution in [0.4, 0.5) is 5.69 Å². The quantitative estimate of drug-likeness (QED) is 0.840. The van der Waals surface area contributed by atoms with E-state index in [1.165, 1.54) is 0 Å². The fourth-order valence-electron chi connectivity index (χ4n) is 3.07. The van der Waals surface area contributed by atoms with Gasteiger partial charge in [-0.25, -0.2) is 0 Å². The first-order valence-electron chi connectivity index (χ1n) is 7.99. The highest BCUT2D eigenvalue weighted by Gasteiger charge is 2.33. The summed E-state index contributed by atoms with van der Waals surface area (Å²) in [5.41, 5.74) is 2.49. The number of hydrogen-bond donors (Lipinski definition) is 1. The summed E-state index contributed by atoms with van der Waals surface area (Å²) in [6.07, 6.45) is 1.77. The van der Waals surface area contributed by atoms with Crippen LogP contribution in [0.3, 0.4) is 0 Å². The van der Waals surface area contributed by atoms with Crippen molar-refractivity contribution in [2.75, 3.05) is 11.9 Å². The minimum Gasteiger partial charge on any atom is -0.327 e. The number of carbonyl (C=O) groups is 2. The number of nitrogens with one attached hydrogen (secondary N) is 1. The molecule has 1 atom stereocenters. The molecule has 1 heterocycles. The van der Waals surface area contributed by atoms with Gasteiger partial charge in [-0.15, -0.1) is 0 Å². The van der Waals surface area contributed by atoms with E-state index in [0.29, 0.717) is 17.3 Å². The van der Waals surface area contributed by atoms with Crippen LogP contribution in [0.2, 0.25) is 5.02 Å². The summed E-state index contributed by atoms with van der Waals surface area (Å²) in [6, 6.07) is 15.0. The minimum atomic E-state index is -0.622. The van der Waals surface area contributed by atoms with Crippen molar-refractivity contribution in [3.8, 4) is 0 Å². The number of anilines is 1. The maximum atomic E-state index is 12.6. The fraction of sp³-hybridized carbons (Fsp3) is 0.263. The van der Waals surface area contributed by atoms with Crippen LogP contribution in [-0.4, -0.2) is 23.3 Å². The summed E-state index contributed by atoms with van der Waals surface area (Å²) in [5.74, 6) is -1.12. The third-order valence-corrected chi connectivity index (χ3v) is 4.58. The van der Waals surface area contributed by atoms with E-state index in [4.69, 9.17) is 11.6 Å². The second-order valence-electron chi connectivity index (χ2n) is 5.98. The number of benzene rings is 2. The molecule has 4 nitrogen and oxygen atoms in total. The maximum Gasteiger partial charge on any atom is 0.313 e. The third-order valence-electron chi connectivity index (χ3n) is 4.34. The predicted octanol–water partition coefficient (Wildman–Crippen LogP) is 3.95. The summed E-state index contributed by atoms with van der Waals surface area (Å²) < 4.78 is 0. The zero-order valence-electron chi connectivity index (χ0n) is 13.5. The minimum absolute atomic E-state index is 0.0371. The molecule has 0 aromatic heterocycles. The molecule has 0 aliphatic carbocycles. The third kappa shape index (κ3) is 3.44. The molecule has 1 saturated heterocycles. The molecule has 124 valence electrons. The van der Waals surface area contributed by atoms with E-state index in [-0.39, 0.29) is 6.04 Å². The number of hydrogen-bond acceptors (Lipinski definition) is 2. The van der Waals surface area contributed by atoms with E-state index >= 15 is 0 Å². The van der Waals surface area contributed by atoms with Gasteiger partial charge in [-0.1, -0.05) is 48.0 Å². The molecule has 1 N–H and O–H groups in total. The van der Waals surface area contributed by atoms with Crippen LogP contribution in [0, 0.1) is 6.92 Å². The Morgan fingerprint density at radius 1 is 1.17 bits per heavy atom. The van der Waals surface area contributed by atoms with Crippen LogP contribution in [-0.2, 0) is 9.59 Å². The molecule has 1 fully saturated rings. The van der Waals surface area contributed by atoms with Crippen LogP contribution in [0.1, 0.15) is 30.0 Å². The van der Waals surface area contributed by atoms with Gasteiger partial charge < -0.3 is 10.2 Å². The van der Waals surface area contributed by atoms with Crippen LogP contribution in [0.15, 0.2) is 48.5 Å². The molecule has 0 radical (unpaired) electrons. The molecular formula is C19H19ClN2O2. The highest BCUT2D eigenvalue weighted by atomic mass is 35.5. The lowest BCUT2D eigenvalue weighted by molar-refractivity contribution is -0.143. The van der Waals surface area contributed by atoms with Gasteiger partial charge in [0.15, 0.2) is 0 Å². The second kappa shape index (κ2) is 7.05. The monoisotopic (exact) mass is 342 g/mol. The first-order chi connectivity index (χ1) is 11.6. The van der Waals surface area contributed by atoms with Gasteiger partial charge in [0.25, 0.3) is 0 Å². The van der Waals surface area contributed by atoms with E-state index in [1.807, 2.05) is 43.3 Å². The molecule has 0 saturated carbocycles. The lowest BCUT2D eigenvalue weighted by Gasteiger charge is -2.24. The van der Waals surface area contributed by atoms with Crippen molar-refractivity contribution in [3.05, 3.63) is 64.7 Å². The number of carbonyl (C=O) groups excluding carboxylic acids is 2. The van der Waals surface area contributed by atoms with Crippen molar-refractivity contribution in [1.82, 2.24) is 4.90 Å². The lowest BCUT2D eigenvalue weighted by Crippen LogP contribution is -2.39. The summed E-state index contributed by atoms with van der Waals surface area (Å²) >= 11 is 5.96. The highest BCUT2D eigenvalue weighted by molar-refractivity contribution is 6.40. The van der Waals surface area contributed by atoms with Gasteiger partial charge in [0.1, 0.15) is 0 Å². The molecule has 0 bridgehead atoms. The SMILES string of the molecule is Cc1ccc(Cl)cc1NC(=O)C(=O)N1CCCC1c1ccccc1. The number of nitrogens with zero attached hydrogens (tertiary/aromatic N) is 1. The topological polar surface area (TPSA) is 49.4 Å². The molecule has 1 unspecified atom stereocenters. The maximum absolute atomic E-state index is 12.6. The first-order valence-corrected chi connectivity index (χ1v) is 8.37. The van der Waals surface area contributed by atoms with Gasteiger partial charge in [0.05, 0.1) is 6.04 Å². The smallest absolute Gasteiger partial charge is 0.313 e. The summed E-state index contributed by atoms with van der Waals surface area (Å²) in [5, 5.41) is 3.21. The van der Waals surface area contributed by atoms with Gasteiger partial charge in [-0.05, 0) is 43.0 Å². The summed E-state index contributed by atoms with van der Waals surface area (Å²) in [7, 11) is 0. The van der Waals surface area contributed by atoms with Crippen molar-refractivity contribution in [2.24, 2.45) is 0 Å². The average molecular weight is 343 g/mol. The standard InChI is InChI=1S/C19H19ClN2O2/c1-13-9-10-15(20)12-16(13)21-18(23)19(24)22-11-5-8-17(22)14-6-3-2-4-7-14/h2-4,6-7,9-10,12,17H,5,8,11H2,1H3,(H,21,23). The Hall–Kier alpha value is -2.33. The Morgan fingerprint density at radius 3 is 2.67 bits per heavy atom. The lowest BCUT2D eigenvalue weighted by atomic mass is 10.0.